The quantitative estimate of drug-likeness (QED) is 0.654. The fourth-order valence-corrected chi connectivity index (χ4v) is 6.51. The molecule has 0 N–H and O–H groups in total. The lowest BCUT2D eigenvalue weighted by atomic mass is 9.66. The number of anilines is 3. The van der Waals surface area contributed by atoms with Crippen molar-refractivity contribution in [1.82, 2.24) is 24.8 Å². The molecule has 3 aliphatic heterocycles. The highest BCUT2D eigenvalue weighted by Crippen LogP contribution is 2.56. The Morgan fingerprint density at radius 2 is 1.89 bits per heavy atom. The average Bonchev–Trinajstić information content (AvgIpc) is 3.24. The second-order valence-corrected chi connectivity index (χ2v) is 11.4. The largest absolute Gasteiger partial charge is 0.350 e. The van der Waals surface area contributed by atoms with Crippen LogP contribution in [0.5, 0.6) is 0 Å². The normalized spacial score (nSPS) is 28.9. The summed E-state index contributed by atoms with van der Waals surface area (Å²) in [7, 11) is 2.04. The second kappa shape index (κ2) is 8.13. The van der Waals surface area contributed by atoms with Gasteiger partial charge in [0.25, 0.3) is 0 Å². The van der Waals surface area contributed by atoms with Crippen molar-refractivity contribution in [2.45, 2.75) is 69.5 Å². The third-order valence-corrected chi connectivity index (χ3v) is 9.27. The summed E-state index contributed by atoms with van der Waals surface area (Å²) in [5, 5.41) is 9.41. The van der Waals surface area contributed by atoms with E-state index in [1.807, 2.05) is 13.1 Å². The second-order valence-electron chi connectivity index (χ2n) is 11.4. The summed E-state index contributed by atoms with van der Waals surface area (Å²) in [6.45, 7) is 9.64. The zero-order valence-corrected chi connectivity index (χ0v) is 21.6. The van der Waals surface area contributed by atoms with Gasteiger partial charge in [-0.15, -0.1) is 0 Å². The summed E-state index contributed by atoms with van der Waals surface area (Å²) >= 11 is 0. The lowest BCUT2D eigenvalue weighted by Gasteiger charge is -2.53. The molecule has 1 amide bonds. The SMILES string of the molecule is C[C@@H]1CN(c2ncnc3c2C2(CCC2)CN3c2cc(C#N)ccn2)[C@@H](C)CN1C(=O)C1(C)CCN1C. The maximum absolute atomic E-state index is 13.5. The molecule has 1 saturated carbocycles. The van der Waals surface area contributed by atoms with Crippen LogP contribution in [0.2, 0.25) is 0 Å². The average molecular weight is 487 g/mol. The van der Waals surface area contributed by atoms with Crippen molar-refractivity contribution in [1.29, 1.82) is 5.26 Å². The molecule has 1 unspecified atom stereocenters. The Labute approximate surface area is 212 Å². The molecule has 0 bridgehead atoms. The molecule has 1 aliphatic carbocycles. The summed E-state index contributed by atoms with van der Waals surface area (Å²) in [5.41, 5.74) is 1.44. The highest BCUT2D eigenvalue weighted by molar-refractivity contribution is 5.87. The molecule has 1 spiro atoms. The number of carbonyl (C=O) groups is 1. The Balaban J connectivity index is 1.34. The minimum Gasteiger partial charge on any atom is -0.350 e. The van der Waals surface area contributed by atoms with Gasteiger partial charge in [0.05, 0.1) is 17.2 Å². The molecule has 2 saturated heterocycles. The molecule has 0 radical (unpaired) electrons. The minimum absolute atomic E-state index is 0.00822. The van der Waals surface area contributed by atoms with E-state index in [2.05, 4.69) is 51.4 Å². The number of hydrogen-bond donors (Lipinski definition) is 0. The maximum Gasteiger partial charge on any atom is 0.243 e. The van der Waals surface area contributed by atoms with Gasteiger partial charge in [0.15, 0.2) is 0 Å². The van der Waals surface area contributed by atoms with Gasteiger partial charge >= 0.3 is 0 Å². The van der Waals surface area contributed by atoms with Crippen molar-refractivity contribution in [3.8, 4) is 6.07 Å². The summed E-state index contributed by atoms with van der Waals surface area (Å²) in [5.74, 6) is 2.91. The van der Waals surface area contributed by atoms with Crippen molar-refractivity contribution in [3.05, 3.63) is 35.8 Å². The summed E-state index contributed by atoms with van der Waals surface area (Å²) < 4.78 is 0. The van der Waals surface area contributed by atoms with Crippen molar-refractivity contribution < 1.29 is 4.79 Å². The molecule has 9 heteroatoms. The predicted molar refractivity (Wildman–Crippen MR) is 137 cm³/mol. The number of aromatic nitrogens is 3. The zero-order chi connectivity index (χ0) is 25.2. The highest BCUT2D eigenvalue weighted by Gasteiger charge is 2.53. The van der Waals surface area contributed by atoms with Gasteiger partial charge in [0.2, 0.25) is 5.91 Å². The van der Waals surface area contributed by atoms with Gasteiger partial charge in [-0.2, -0.15) is 5.26 Å². The third kappa shape index (κ3) is 3.23. The van der Waals surface area contributed by atoms with Crippen molar-refractivity contribution >= 4 is 23.4 Å². The fourth-order valence-electron chi connectivity index (χ4n) is 6.51. The van der Waals surface area contributed by atoms with Crippen molar-refractivity contribution in [3.63, 3.8) is 0 Å². The Hall–Kier alpha value is -3.25. The van der Waals surface area contributed by atoms with Gasteiger partial charge < -0.3 is 14.7 Å². The minimum atomic E-state index is -0.381. The Bertz CT molecular complexity index is 1250. The van der Waals surface area contributed by atoms with Gasteiger partial charge in [-0.3, -0.25) is 9.69 Å². The van der Waals surface area contributed by atoms with Crippen LogP contribution in [0.1, 0.15) is 57.6 Å². The summed E-state index contributed by atoms with van der Waals surface area (Å²) in [6, 6.07) is 6.04. The molecule has 0 aromatic carbocycles. The van der Waals surface area contributed by atoms with E-state index in [-0.39, 0.29) is 28.9 Å². The maximum atomic E-state index is 13.5. The molecule has 36 heavy (non-hydrogen) atoms. The van der Waals surface area contributed by atoms with Crippen LogP contribution in [-0.4, -0.2) is 81.5 Å². The third-order valence-electron chi connectivity index (χ3n) is 9.27. The van der Waals surface area contributed by atoms with Gasteiger partial charge in [-0.1, -0.05) is 6.42 Å². The molecule has 2 aromatic heterocycles. The molecule has 2 aromatic rings. The predicted octanol–water partition coefficient (Wildman–Crippen LogP) is 2.84. The summed E-state index contributed by atoms with van der Waals surface area (Å²) in [6.07, 6.45) is 7.66. The molecule has 4 aliphatic rings. The molecule has 6 rings (SSSR count). The van der Waals surface area contributed by atoms with Crippen LogP contribution < -0.4 is 9.80 Å². The number of likely N-dealkylation sites (tertiary alicyclic amines) is 1. The van der Waals surface area contributed by atoms with E-state index >= 15 is 0 Å². The van der Waals surface area contributed by atoms with E-state index in [9.17, 15) is 10.1 Å². The molecule has 9 nitrogen and oxygen atoms in total. The van der Waals surface area contributed by atoms with Gasteiger partial charge in [0.1, 0.15) is 23.8 Å². The number of pyridine rings is 1. The van der Waals surface area contributed by atoms with E-state index in [1.54, 1.807) is 18.6 Å². The van der Waals surface area contributed by atoms with Crippen molar-refractivity contribution in [2.24, 2.45) is 0 Å². The van der Waals surface area contributed by atoms with Gasteiger partial charge in [-0.05, 0) is 59.2 Å². The first-order chi connectivity index (χ1) is 17.3. The van der Waals surface area contributed by atoms with E-state index in [1.165, 1.54) is 12.0 Å². The number of hydrogen-bond acceptors (Lipinski definition) is 8. The molecular formula is C27H34N8O. The van der Waals surface area contributed by atoms with Crippen LogP contribution in [0.15, 0.2) is 24.7 Å². The van der Waals surface area contributed by atoms with Crippen LogP contribution in [0.3, 0.4) is 0 Å². The summed E-state index contributed by atoms with van der Waals surface area (Å²) in [4.78, 5) is 36.5. The number of amides is 1. The number of piperazine rings is 1. The van der Waals surface area contributed by atoms with Crippen LogP contribution in [-0.2, 0) is 10.2 Å². The first-order valence-electron chi connectivity index (χ1n) is 13.1. The van der Waals surface area contributed by atoms with Crippen LogP contribution in [0.4, 0.5) is 17.5 Å². The fraction of sp³-hybridized carbons (Fsp3) is 0.593. The highest BCUT2D eigenvalue weighted by atomic mass is 16.2. The number of rotatable bonds is 3. The Kier molecular flexibility index (Phi) is 5.23. The molecule has 5 heterocycles. The van der Waals surface area contributed by atoms with Gasteiger partial charge in [-0.25, -0.2) is 15.0 Å². The van der Waals surface area contributed by atoms with Gasteiger partial charge in [0, 0.05) is 55.4 Å². The number of nitriles is 1. The van der Waals surface area contributed by atoms with E-state index in [0.717, 1.165) is 56.4 Å². The number of nitrogens with zero attached hydrogens (tertiary/aromatic N) is 8. The molecule has 3 atom stereocenters. The Morgan fingerprint density at radius 3 is 2.53 bits per heavy atom. The number of likely N-dealkylation sites (N-methyl/N-ethyl adjacent to an activating group) is 1. The van der Waals surface area contributed by atoms with E-state index < -0.39 is 0 Å². The standard InChI is InChI=1S/C27H34N8O/c1-18-15-34(25(36)26(3)9-11-32(26)4)19(2)14-33(18)23-22-24(31-17-30-23)35(16-27(22)7-5-8-27)21-12-20(13-28)6-10-29-21/h6,10,12,17-19H,5,7-9,11,14-16H2,1-4H3/t18-,19+,26?/m0/s1. The zero-order valence-electron chi connectivity index (χ0n) is 21.6. The van der Waals surface area contributed by atoms with Crippen LogP contribution in [0, 0.1) is 11.3 Å². The number of fused-ring (bicyclic) bond motifs is 2. The molecule has 188 valence electrons. The first-order valence-corrected chi connectivity index (χ1v) is 13.1. The van der Waals surface area contributed by atoms with E-state index in [0.29, 0.717) is 12.1 Å². The lowest BCUT2D eigenvalue weighted by Crippen LogP contribution is -2.69. The monoisotopic (exact) mass is 486 g/mol. The lowest BCUT2D eigenvalue weighted by molar-refractivity contribution is -0.153. The smallest absolute Gasteiger partial charge is 0.243 e. The molecule has 3 fully saturated rings. The van der Waals surface area contributed by atoms with E-state index in [4.69, 9.17) is 9.97 Å². The van der Waals surface area contributed by atoms with Crippen LogP contribution in [0.25, 0.3) is 0 Å². The molecular weight excluding hydrogens is 452 g/mol. The first kappa shape index (κ1) is 23.2. The topological polar surface area (TPSA) is 92.5 Å². The van der Waals surface area contributed by atoms with Crippen LogP contribution >= 0.6 is 0 Å². The Morgan fingerprint density at radius 1 is 1.11 bits per heavy atom. The number of carbonyl (C=O) groups excluding carboxylic acids is 1. The van der Waals surface area contributed by atoms with Crippen molar-refractivity contribution in [2.75, 3.05) is 43.0 Å².